The molecule has 0 aliphatic heterocycles. The highest BCUT2D eigenvalue weighted by Gasteiger charge is 2.19. The second-order valence-electron chi connectivity index (χ2n) is 6.35. The molecule has 1 atom stereocenters. The molecule has 1 N–H and O–H groups in total. The fraction of sp³-hybridized carbons (Fsp3) is 0.263. The number of hydrogen-bond acceptors (Lipinski definition) is 4. The summed E-state index contributed by atoms with van der Waals surface area (Å²) in [6.45, 7) is 4.16. The van der Waals surface area contributed by atoms with Gasteiger partial charge < -0.3 is 5.32 Å². The quantitative estimate of drug-likeness (QED) is 0.721. The van der Waals surface area contributed by atoms with E-state index >= 15 is 0 Å². The van der Waals surface area contributed by atoms with Crippen LogP contribution in [0, 0.1) is 5.92 Å². The smallest absolute Gasteiger partial charge is 0.244 e. The predicted molar refractivity (Wildman–Crippen MR) is 100 cm³/mol. The zero-order chi connectivity index (χ0) is 18.5. The molecule has 1 amide bonds. The first-order valence-electron chi connectivity index (χ1n) is 8.41. The van der Waals surface area contributed by atoms with Crippen LogP contribution in [0.3, 0.4) is 0 Å². The Labute approximate surface area is 157 Å². The highest BCUT2D eigenvalue weighted by Crippen LogP contribution is 2.21. The molecular formula is C19H20ClN5O. The van der Waals surface area contributed by atoms with Gasteiger partial charge in [-0.05, 0) is 41.0 Å². The van der Waals surface area contributed by atoms with Crippen molar-refractivity contribution in [1.29, 1.82) is 0 Å². The number of carbonyl (C=O) groups is 1. The molecule has 0 saturated heterocycles. The Morgan fingerprint density at radius 3 is 2.46 bits per heavy atom. The van der Waals surface area contributed by atoms with Crippen LogP contribution >= 0.6 is 11.6 Å². The Kier molecular flexibility index (Phi) is 5.63. The second kappa shape index (κ2) is 8.10. The average Bonchev–Trinajstić information content (AvgIpc) is 3.09. The SMILES string of the molecule is CC(C)C(NC(=O)Cn1nnc(-c2ccc(Cl)cc2)n1)c1ccccc1. The van der Waals surface area contributed by atoms with E-state index in [2.05, 4.69) is 34.6 Å². The summed E-state index contributed by atoms with van der Waals surface area (Å²) in [7, 11) is 0. The molecule has 3 rings (SSSR count). The summed E-state index contributed by atoms with van der Waals surface area (Å²) >= 11 is 5.88. The summed E-state index contributed by atoms with van der Waals surface area (Å²) in [5.74, 6) is 0.556. The molecule has 26 heavy (non-hydrogen) atoms. The molecule has 1 aromatic heterocycles. The molecule has 7 heteroatoms. The van der Waals surface area contributed by atoms with Crippen molar-refractivity contribution in [2.75, 3.05) is 0 Å². The molecule has 6 nitrogen and oxygen atoms in total. The number of nitrogens with zero attached hydrogens (tertiary/aromatic N) is 4. The van der Waals surface area contributed by atoms with E-state index in [-0.39, 0.29) is 24.4 Å². The topological polar surface area (TPSA) is 72.7 Å². The van der Waals surface area contributed by atoms with Crippen LogP contribution in [0.4, 0.5) is 0 Å². The number of tetrazole rings is 1. The Balaban J connectivity index is 1.67. The van der Waals surface area contributed by atoms with E-state index in [0.717, 1.165) is 11.1 Å². The second-order valence-corrected chi connectivity index (χ2v) is 6.79. The van der Waals surface area contributed by atoms with E-state index in [9.17, 15) is 4.79 Å². The molecule has 1 unspecified atom stereocenters. The number of carbonyl (C=O) groups excluding carboxylic acids is 1. The van der Waals surface area contributed by atoms with Gasteiger partial charge in [-0.1, -0.05) is 55.8 Å². The van der Waals surface area contributed by atoms with Gasteiger partial charge in [-0.2, -0.15) is 4.80 Å². The molecule has 0 fully saturated rings. The number of amides is 1. The van der Waals surface area contributed by atoms with E-state index in [1.165, 1.54) is 4.80 Å². The van der Waals surface area contributed by atoms with Gasteiger partial charge in [-0.3, -0.25) is 4.79 Å². The molecule has 0 aliphatic carbocycles. The van der Waals surface area contributed by atoms with Crippen LogP contribution in [0.5, 0.6) is 0 Å². The number of halogens is 1. The lowest BCUT2D eigenvalue weighted by Gasteiger charge is -2.22. The van der Waals surface area contributed by atoms with E-state index in [0.29, 0.717) is 10.8 Å². The Hall–Kier alpha value is -2.73. The number of rotatable bonds is 6. The van der Waals surface area contributed by atoms with E-state index in [1.54, 1.807) is 12.1 Å². The zero-order valence-electron chi connectivity index (χ0n) is 14.6. The average molecular weight is 370 g/mol. The lowest BCUT2D eigenvalue weighted by Crippen LogP contribution is -2.34. The number of aromatic nitrogens is 4. The minimum absolute atomic E-state index is 0.0106. The maximum atomic E-state index is 12.4. The van der Waals surface area contributed by atoms with Crippen molar-refractivity contribution in [3.8, 4) is 11.4 Å². The van der Waals surface area contributed by atoms with Gasteiger partial charge in [-0.15, -0.1) is 10.2 Å². The van der Waals surface area contributed by atoms with Crippen LogP contribution in [0.15, 0.2) is 54.6 Å². The maximum Gasteiger partial charge on any atom is 0.244 e. The zero-order valence-corrected chi connectivity index (χ0v) is 15.4. The van der Waals surface area contributed by atoms with Gasteiger partial charge in [0.2, 0.25) is 11.7 Å². The van der Waals surface area contributed by atoms with E-state index in [4.69, 9.17) is 11.6 Å². The third-order valence-electron chi connectivity index (χ3n) is 3.98. The van der Waals surface area contributed by atoms with Gasteiger partial charge in [0, 0.05) is 10.6 Å². The van der Waals surface area contributed by atoms with Crippen LogP contribution < -0.4 is 5.32 Å². The van der Waals surface area contributed by atoms with Crippen molar-refractivity contribution >= 4 is 17.5 Å². The number of nitrogens with one attached hydrogen (secondary N) is 1. The van der Waals surface area contributed by atoms with Crippen molar-refractivity contribution in [2.24, 2.45) is 5.92 Å². The van der Waals surface area contributed by atoms with Gasteiger partial charge >= 0.3 is 0 Å². The monoisotopic (exact) mass is 369 g/mol. The number of benzene rings is 2. The molecule has 0 saturated carbocycles. The summed E-state index contributed by atoms with van der Waals surface area (Å²) in [5.41, 5.74) is 1.87. The molecule has 134 valence electrons. The lowest BCUT2D eigenvalue weighted by atomic mass is 9.96. The summed E-state index contributed by atoms with van der Waals surface area (Å²) in [5, 5.41) is 15.9. The molecule has 0 spiro atoms. The molecule has 3 aromatic rings. The summed E-state index contributed by atoms with van der Waals surface area (Å²) in [6.07, 6.45) is 0. The molecule has 0 aliphatic rings. The third kappa shape index (κ3) is 4.46. The fourth-order valence-electron chi connectivity index (χ4n) is 2.67. The van der Waals surface area contributed by atoms with Crippen molar-refractivity contribution in [1.82, 2.24) is 25.5 Å². The van der Waals surface area contributed by atoms with Gasteiger partial charge in [0.15, 0.2) is 0 Å². The Bertz CT molecular complexity index is 861. The van der Waals surface area contributed by atoms with Gasteiger partial charge in [0.1, 0.15) is 6.54 Å². The molecular weight excluding hydrogens is 350 g/mol. The van der Waals surface area contributed by atoms with Gasteiger partial charge in [0.05, 0.1) is 6.04 Å². The maximum absolute atomic E-state index is 12.4. The normalized spacial score (nSPS) is 12.2. The molecule has 0 bridgehead atoms. The van der Waals surface area contributed by atoms with Crippen LogP contribution in [-0.4, -0.2) is 26.1 Å². The summed E-state index contributed by atoms with van der Waals surface area (Å²) in [6, 6.07) is 17.0. The highest BCUT2D eigenvalue weighted by molar-refractivity contribution is 6.30. The van der Waals surface area contributed by atoms with E-state index in [1.807, 2.05) is 42.5 Å². The fourth-order valence-corrected chi connectivity index (χ4v) is 2.79. The van der Waals surface area contributed by atoms with Crippen LogP contribution in [0.1, 0.15) is 25.5 Å². The predicted octanol–water partition coefficient (Wildman–Crippen LogP) is 3.51. The third-order valence-corrected chi connectivity index (χ3v) is 4.23. The standard InChI is InChI=1S/C19H20ClN5O/c1-13(2)18(14-6-4-3-5-7-14)21-17(26)12-25-23-19(22-24-25)15-8-10-16(20)11-9-15/h3-11,13,18H,12H2,1-2H3,(H,21,26). The first kappa shape index (κ1) is 18.1. The lowest BCUT2D eigenvalue weighted by molar-refractivity contribution is -0.123. The highest BCUT2D eigenvalue weighted by atomic mass is 35.5. The van der Waals surface area contributed by atoms with Crippen molar-refractivity contribution < 1.29 is 4.79 Å². The van der Waals surface area contributed by atoms with Crippen LogP contribution in [-0.2, 0) is 11.3 Å². The summed E-state index contributed by atoms with van der Waals surface area (Å²) < 4.78 is 0. The molecule has 2 aromatic carbocycles. The Morgan fingerprint density at radius 2 is 1.81 bits per heavy atom. The number of hydrogen-bond donors (Lipinski definition) is 1. The Morgan fingerprint density at radius 1 is 1.12 bits per heavy atom. The van der Waals surface area contributed by atoms with Crippen molar-refractivity contribution in [3.05, 3.63) is 65.2 Å². The molecule has 0 radical (unpaired) electrons. The first-order chi connectivity index (χ1) is 12.5. The summed E-state index contributed by atoms with van der Waals surface area (Å²) in [4.78, 5) is 13.7. The minimum Gasteiger partial charge on any atom is -0.347 e. The first-order valence-corrected chi connectivity index (χ1v) is 8.79. The van der Waals surface area contributed by atoms with Crippen molar-refractivity contribution in [3.63, 3.8) is 0 Å². The van der Waals surface area contributed by atoms with E-state index < -0.39 is 0 Å². The largest absolute Gasteiger partial charge is 0.347 e. The van der Waals surface area contributed by atoms with Gasteiger partial charge in [0.25, 0.3) is 0 Å². The van der Waals surface area contributed by atoms with Crippen LogP contribution in [0.2, 0.25) is 5.02 Å². The minimum atomic E-state index is -0.160. The molecule has 1 heterocycles. The van der Waals surface area contributed by atoms with Crippen LogP contribution in [0.25, 0.3) is 11.4 Å². The van der Waals surface area contributed by atoms with Crippen molar-refractivity contribution in [2.45, 2.75) is 26.4 Å². The van der Waals surface area contributed by atoms with Gasteiger partial charge in [-0.25, -0.2) is 0 Å².